The summed E-state index contributed by atoms with van der Waals surface area (Å²) < 4.78 is 45.4. The van der Waals surface area contributed by atoms with Crippen molar-refractivity contribution in [3.8, 4) is 33.9 Å². The number of hydrogen-bond acceptors (Lipinski definition) is 5. The van der Waals surface area contributed by atoms with Gasteiger partial charge >= 0.3 is 6.18 Å². The van der Waals surface area contributed by atoms with E-state index in [0.29, 0.717) is 29.8 Å². The number of aromatic amines is 1. The maximum absolute atomic E-state index is 14.5. The van der Waals surface area contributed by atoms with Crippen molar-refractivity contribution in [2.45, 2.75) is 19.0 Å². The van der Waals surface area contributed by atoms with Crippen molar-refractivity contribution >= 4 is 22.6 Å². The number of aryl methyl sites for hydroxylation is 1. The van der Waals surface area contributed by atoms with Crippen LogP contribution in [-0.4, -0.2) is 55.7 Å². The number of halogens is 3. The number of imidazole rings is 1. The number of carbonyl (C=O) groups is 1. The molecule has 3 aromatic carbocycles. The van der Waals surface area contributed by atoms with Crippen molar-refractivity contribution in [3.63, 3.8) is 0 Å². The monoisotopic (exact) mass is 559 g/mol. The maximum Gasteiger partial charge on any atom is 0.420 e. The van der Waals surface area contributed by atoms with Gasteiger partial charge in [0, 0.05) is 24.1 Å². The van der Waals surface area contributed by atoms with Crippen molar-refractivity contribution in [1.29, 1.82) is 0 Å². The summed E-state index contributed by atoms with van der Waals surface area (Å²) in [7, 11) is 3.77. The number of hydrogen-bond donors (Lipinski definition) is 2. The molecule has 0 bridgehead atoms. The molecule has 8 nitrogen and oxygen atoms in total. The van der Waals surface area contributed by atoms with Crippen molar-refractivity contribution in [2.24, 2.45) is 13.0 Å². The van der Waals surface area contributed by atoms with Crippen molar-refractivity contribution in [2.75, 3.05) is 25.5 Å². The van der Waals surface area contributed by atoms with Crippen LogP contribution in [0.4, 0.5) is 18.9 Å². The molecule has 2 N–H and O–H groups in total. The van der Waals surface area contributed by atoms with E-state index in [1.54, 1.807) is 24.0 Å². The lowest BCUT2D eigenvalue weighted by molar-refractivity contribution is -0.135. The summed E-state index contributed by atoms with van der Waals surface area (Å²) in [5.74, 6) is 0.0494. The Morgan fingerprint density at radius 3 is 2.39 bits per heavy atom. The fourth-order valence-corrected chi connectivity index (χ4v) is 5.46. The van der Waals surface area contributed by atoms with Crippen LogP contribution in [0.5, 0.6) is 0 Å². The number of aromatic nitrogens is 5. The van der Waals surface area contributed by atoms with Gasteiger partial charge in [0.05, 0.1) is 11.2 Å². The zero-order valence-corrected chi connectivity index (χ0v) is 22.5. The normalized spacial score (nSPS) is 15.0. The highest BCUT2D eigenvalue weighted by Gasteiger charge is 2.38. The molecule has 1 amide bonds. The van der Waals surface area contributed by atoms with E-state index in [9.17, 15) is 18.0 Å². The molecule has 0 saturated carbocycles. The Morgan fingerprint density at radius 1 is 0.976 bits per heavy atom. The fraction of sp³-hybridized carbons (Fsp3) is 0.267. The quantitative estimate of drug-likeness (QED) is 0.276. The summed E-state index contributed by atoms with van der Waals surface area (Å²) in [4.78, 5) is 22.6. The number of rotatable bonds is 5. The lowest BCUT2D eigenvalue weighted by Gasteiger charge is -2.28. The average molecular weight is 560 g/mol. The molecule has 41 heavy (non-hydrogen) atoms. The minimum absolute atomic E-state index is 0.207. The molecule has 6 rings (SSSR count). The molecule has 1 aliphatic heterocycles. The molecule has 0 atom stereocenters. The summed E-state index contributed by atoms with van der Waals surface area (Å²) in [6.45, 7) is 1.45. The number of nitrogens with one attached hydrogen (secondary N) is 2. The molecule has 3 heterocycles. The number of anilines is 1. The van der Waals surface area contributed by atoms with Gasteiger partial charge in [-0.1, -0.05) is 48.5 Å². The molecule has 11 heteroatoms. The molecule has 0 unspecified atom stereocenters. The summed E-state index contributed by atoms with van der Waals surface area (Å²) in [6, 6.07) is 18.0. The Balaban J connectivity index is 1.48. The predicted molar refractivity (Wildman–Crippen MR) is 151 cm³/mol. The van der Waals surface area contributed by atoms with Gasteiger partial charge < -0.3 is 19.8 Å². The highest BCUT2D eigenvalue weighted by atomic mass is 19.4. The van der Waals surface area contributed by atoms with Crippen LogP contribution in [-0.2, 0) is 18.0 Å². The van der Waals surface area contributed by atoms with Gasteiger partial charge in [0.15, 0.2) is 5.82 Å². The molecule has 1 saturated heterocycles. The molecule has 5 aromatic rings. The zero-order chi connectivity index (χ0) is 28.7. The molecule has 2 aromatic heterocycles. The number of piperidine rings is 1. The third kappa shape index (κ3) is 5.08. The molecule has 0 aliphatic carbocycles. The van der Waals surface area contributed by atoms with E-state index in [1.807, 2.05) is 49.5 Å². The molecule has 1 fully saturated rings. The lowest BCUT2D eigenvalue weighted by atomic mass is 9.94. The third-order valence-corrected chi connectivity index (χ3v) is 7.62. The Kier molecular flexibility index (Phi) is 6.82. The van der Waals surface area contributed by atoms with Crippen molar-refractivity contribution in [3.05, 3.63) is 72.6 Å². The van der Waals surface area contributed by atoms with Crippen LogP contribution in [0, 0.1) is 5.92 Å². The number of likely N-dealkylation sites (tertiary alicyclic amines) is 1. The van der Waals surface area contributed by atoms with Gasteiger partial charge in [-0.15, -0.1) is 10.2 Å². The van der Waals surface area contributed by atoms with E-state index in [1.165, 1.54) is 12.1 Å². The molecule has 1 aliphatic rings. The van der Waals surface area contributed by atoms with Crippen molar-refractivity contribution < 1.29 is 18.0 Å². The van der Waals surface area contributed by atoms with E-state index in [0.717, 1.165) is 24.2 Å². The van der Waals surface area contributed by atoms with E-state index in [4.69, 9.17) is 0 Å². The van der Waals surface area contributed by atoms with Crippen LogP contribution in [0.25, 0.3) is 44.9 Å². The van der Waals surface area contributed by atoms with Gasteiger partial charge in [0.2, 0.25) is 5.91 Å². The second-order valence-corrected chi connectivity index (χ2v) is 10.4. The van der Waals surface area contributed by atoms with Gasteiger partial charge in [-0.2, -0.15) is 13.2 Å². The minimum atomic E-state index is -4.75. The smallest absolute Gasteiger partial charge is 0.338 e. The summed E-state index contributed by atoms with van der Waals surface area (Å²) in [5.41, 5.74) is 1.68. The average Bonchev–Trinajstić information content (AvgIpc) is 3.58. The lowest BCUT2D eigenvalue weighted by Crippen LogP contribution is -2.36. The molecule has 210 valence electrons. The van der Waals surface area contributed by atoms with Crippen LogP contribution in [0.1, 0.15) is 18.4 Å². The molecular formula is C30H28F3N7O. The number of nitrogens with zero attached hydrogens (tertiary/aromatic N) is 5. The highest BCUT2D eigenvalue weighted by Crippen LogP contribution is 2.43. The third-order valence-electron chi connectivity index (χ3n) is 7.62. The highest BCUT2D eigenvalue weighted by molar-refractivity contribution is 5.98. The van der Waals surface area contributed by atoms with Gasteiger partial charge in [-0.25, -0.2) is 4.98 Å². The second-order valence-electron chi connectivity index (χ2n) is 10.4. The zero-order valence-electron chi connectivity index (χ0n) is 22.5. The van der Waals surface area contributed by atoms with Gasteiger partial charge in [0.1, 0.15) is 23.2 Å². The Labute approximate surface area is 234 Å². The SMILES string of the molecule is CN1CCC(C(=O)Nc2ccc3[nH]c(-c4cccc(-c5ccccc5)c4-c4nncn4C)nc3c2C(F)(F)F)CC1. The van der Waals surface area contributed by atoms with Gasteiger partial charge in [-0.3, -0.25) is 4.79 Å². The number of carbonyl (C=O) groups excluding carboxylic acids is 1. The first-order valence-corrected chi connectivity index (χ1v) is 13.3. The first kappa shape index (κ1) is 26.7. The topological polar surface area (TPSA) is 91.7 Å². The number of benzene rings is 3. The van der Waals surface area contributed by atoms with Gasteiger partial charge in [-0.05, 0) is 56.2 Å². The molecule has 0 spiro atoms. The van der Waals surface area contributed by atoms with Gasteiger partial charge in [0.25, 0.3) is 0 Å². The minimum Gasteiger partial charge on any atom is -0.338 e. The first-order chi connectivity index (χ1) is 19.7. The standard InChI is InChI=1S/C30H28F3N7O/c1-39-15-13-19(14-16-39)29(41)36-22-11-12-23-26(25(22)30(31,32)33)37-27(35-23)21-10-6-9-20(18-7-4-3-5-8-18)24(21)28-38-34-17-40(28)2/h3-12,17,19H,13-16H2,1-2H3,(H,35,37)(H,36,41). The molecular weight excluding hydrogens is 531 g/mol. The van der Waals surface area contributed by atoms with Crippen LogP contribution in [0.15, 0.2) is 67.0 Å². The first-order valence-electron chi connectivity index (χ1n) is 13.3. The number of H-pyrrole nitrogens is 1. The van der Waals surface area contributed by atoms with E-state index < -0.39 is 17.6 Å². The number of amides is 1. The Bertz CT molecular complexity index is 1720. The largest absolute Gasteiger partial charge is 0.420 e. The van der Waals surface area contributed by atoms with E-state index >= 15 is 0 Å². The fourth-order valence-electron chi connectivity index (χ4n) is 5.46. The van der Waals surface area contributed by atoms with Crippen molar-refractivity contribution in [1.82, 2.24) is 29.6 Å². The summed E-state index contributed by atoms with van der Waals surface area (Å²) in [6.07, 6.45) is -1.98. The van der Waals surface area contributed by atoms with Crippen LogP contribution in [0.3, 0.4) is 0 Å². The Hall–Kier alpha value is -4.51. The van der Waals surface area contributed by atoms with Crippen LogP contribution < -0.4 is 5.32 Å². The van der Waals surface area contributed by atoms with Crippen LogP contribution in [0.2, 0.25) is 0 Å². The van der Waals surface area contributed by atoms with E-state index in [-0.39, 0.29) is 28.5 Å². The predicted octanol–water partition coefficient (Wildman–Crippen LogP) is 5.99. The summed E-state index contributed by atoms with van der Waals surface area (Å²) in [5, 5.41) is 10.9. The van der Waals surface area contributed by atoms with Crippen LogP contribution >= 0.6 is 0 Å². The number of alkyl halides is 3. The molecule has 0 radical (unpaired) electrons. The van der Waals surface area contributed by atoms with E-state index in [2.05, 4.69) is 30.4 Å². The maximum atomic E-state index is 14.5. The number of fused-ring (bicyclic) bond motifs is 1. The Morgan fingerprint density at radius 2 is 1.71 bits per heavy atom. The summed E-state index contributed by atoms with van der Waals surface area (Å²) >= 11 is 0. The second kappa shape index (κ2) is 10.5.